The van der Waals surface area contributed by atoms with E-state index in [0.717, 1.165) is 22.9 Å². The molecule has 0 aliphatic heterocycles. The summed E-state index contributed by atoms with van der Waals surface area (Å²) < 4.78 is 10.9. The molecule has 0 saturated heterocycles. The van der Waals surface area contributed by atoms with Crippen molar-refractivity contribution in [2.24, 2.45) is 0 Å². The van der Waals surface area contributed by atoms with Gasteiger partial charge in [-0.1, -0.05) is 6.07 Å². The Labute approximate surface area is 135 Å². The van der Waals surface area contributed by atoms with Crippen molar-refractivity contribution in [1.82, 2.24) is 4.98 Å². The molecule has 0 atom stereocenters. The van der Waals surface area contributed by atoms with Crippen LogP contribution in [0.3, 0.4) is 0 Å². The van der Waals surface area contributed by atoms with Gasteiger partial charge in [0, 0.05) is 30.7 Å². The van der Waals surface area contributed by atoms with Crippen molar-refractivity contribution in [3.63, 3.8) is 0 Å². The largest absolute Gasteiger partial charge is 0.497 e. The lowest BCUT2D eigenvalue weighted by Crippen LogP contribution is -2.08. The van der Waals surface area contributed by atoms with Gasteiger partial charge in [0.25, 0.3) is 0 Å². The van der Waals surface area contributed by atoms with Crippen molar-refractivity contribution in [3.8, 4) is 17.4 Å². The van der Waals surface area contributed by atoms with Crippen LogP contribution in [0, 0.1) is 0 Å². The number of pyridine rings is 1. The maximum Gasteiger partial charge on any atom is 0.219 e. The topological polar surface area (TPSA) is 34.6 Å². The average molecular weight is 306 g/mol. The van der Waals surface area contributed by atoms with Crippen LogP contribution < -0.4 is 14.4 Å². The van der Waals surface area contributed by atoms with Crippen molar-refractivity contribution in [2.75, 3.05) is 19.1 Å². The van der Waals surface area contributed by atoms with Crippen LogP contribution in [0.4, 0.5) is 11.4 Å². The second-order valence-corrected chi connectivity index (χ2v) is 5.02. The summed E-state index contributed by atoms with van der Waals surface area (Å²) in [6.07, 6.45) is 1.71. The first-order chi connectivity index (χ1) is 11.3. The minimum Gasteiger partial charge on any atom is -0.497 e. The average Bonchev–Trinajstić information content (AvgIpc) is 2.63. The molecule has 1 aromatic heterocycles. The fourth-order valence-electron chi connectivity index (χ4n) is 2.22. The van der Waals surface area contributed by atoms with Gasteiger partial charge in [0.2, 0.25) is 5.88 Å². The monoisotopic (exact) mass is 306 g/mol. The Morgan fingerprint density at radius 2 is 1.39 bits per heavy atom. The summed E-state index contributed by atoms with van der Waals surface area (Å²) in [6.45, 7) is 0. The van der Waals surface area contributed by atoms with E-state index in [-0.39, 0.29) is 0 Å². The summed E-state index contributed by atoms with van der Waals surface area (Å²) in [6, 6.07) is 21.4. The van der Waals surface area contributed by atoms with Gasteiger partial charge in [-0.3, -0.25) is 0 Å². The van der Waals surface area contributed by atoms with Gasteiger partial charge in [-0.05, 0) is 54.6 Å². The Kier molecular flexibility index (Phi) is 4.43. The number of hydrogen-bond acceptors (Lipinski definition) is 4. The Hall–Kier alpha value is -3.01. The van der Waals surface area contributed by atoms with E-state index in [4.69, 9.17) is 9.47 Å². The quantitative estimate of drug-likeness (QED) is 0.687. The number of benzene rings is 2. The predicted octanol–water partition coefficient (Wildman–Crippen LogP) is 4.65. The molecule has 23 heavy (non-hydrogen) atoms. The van der Waals surface area contributed by atoms with Crippen LogP contribution in [0.25, 0.3) is 0 Å². The molecule has 0 radical (unpaired) electrons. The molecular formula is C19H18N2O2. The normalized spacial score (nSPS) is 10.2. The lowest BCUT2D eigenvalue weighted by Gasteiger charge is -2.20. The fraction of sp³-hybridized carbons (Fsp3) is 0.105. The Morgan fingerprint density at radius 3 is 1.91 bits per heavy atom. The highest BCUT2D eigenvalue weighted by molar-refractivity contribution is 5.63. The van der Waals surface area contributed by atoms with Crippen molar-refractivity contribution in [3.05, 3.63) is 72.9 Å². The Morgan fingerprint density at radius 1 is 0.783 bits per heavy atom. The molecule has 3 rings (SSSR count). The number of anilines is 2. The van der Waals surface area contributed by atoms with E-state index in [9.17, 15) is 0 Å². The molecule has 0 N–H and O–H groups in total. The summed E-state index contributed by atoms with van der Waals surface area (Å²) in [5.74, 6) is 2.19. The summed E-state index contributed by atoms with van der Waals surface area (Å²) in [5.41, 5.74) is 2.16. The van der Waals surface area contributed by atoms with Crippen molar-refractivity contribution < 1.29 is 9.47 Å². The zero-order valence-electron chi connectivity index (χ0n) is 13.1. The summed E-state index contributed by atoms with van der Waals surface area (Å²) in [7, 11) is 3.69. The lowest BCUT2D eigenvalue weighted by atomic mass is 10.2. The van der Waals surface area contributed by atoms with Crippen molar-refractivity contribution in [1.29, 1.82) is 0 Å². The summed E-state index contributed by atoms with van der Waals surface area (Å²) >= 11 is 0. The van der Waals surface area contributed by atoms with Gasteiger partial charge >= 0.3 is 0 Å². The molecule has 0 aliphatic carbocycles. The third-order valence-corrected chi connectivity index (χ3v) is 3.54. The minimum absolute atomic E-state index is 0.587. The number of rotatable bonds is 5. The van der Waals surface area contributed by atoms with Gasteiger partial charge in [-0.25, -0.2) is 4.98 Å². The predicted molar refractivity (Wildman–Crippen MR) is 91.8 cm³/mol. The van der Waals surface area contributed by atoms with E-state index in [1.807, 2.05) is 73.8 Å². The molecule has 0 fully saturated rings. The molecule has 0 bridgehead atoms. The summed E-state index contributed by atoms with van der Waals surface area (Å²) in [5, 5.41) is 0. The number of methoxy groups -OCH3 is 1. The zero-order chi connectivity index (χ0) is 16.1. The number of ether oxygens (including phenoxy) is 2. The number of aromatic nitrogens is 1. The molecule has 0 amide bonds. The van der Waals surface area contributed by atoms with Gasteiger partial charge in [0.1, 0.15) is 11.5 Å². The van der Waals surface area contributed by atoms with Gasteiger partial charge in [-0.15, -0.1) is 0 Å². The molecule has 0 aliphatic rings. The Balaban J connectivity index is 1.73. The van der Waals surface area contributed by atoms with E-state index in [0.29, 0.717) is 5.88 Å². The molecule has 0 spiro atoms. The highest BCUT2D eigenvalue weighted by Gasteiger charge is 2.05. The molecule has 0 saturated carbocycles. The maximum absolute atomic E-state index is 5.70. The third-order valence-electron chi connectivity index (χ3n) is 3.54. The molecule has 0 unspecified atom stereocenters. The molecule has 4 heteroatoms. The van der Waals surface area contributed by atoms with Crippen LogP contribution in [0.5, 0.6) is 17.4 Å². The molecule has 1 heterocycles. The highest BCUT2D eigenvalue weighted by Crippen LogP contribution is 2.28. The van der Waals surface area contributed by atoms with Crippen LogP contribution in [0.1, 0.15) is 0 Å². The van der Waals surface area contributed by atoms with Crippen LogP contribution in [-0.4, -0.2) is 19.1 Å². The highest BCUT2D eigenvalue weighted by atomic mass is 16.5. The maximum atomic E-state index is 5.70. The second kappa shape index (κ2) is 6.83. The fourth-order valence-corrected chi connectivity index (χ4v) is 2.22. The second-order valence-electron chi connectivity index (χ2n) is 5.02. The first-order valence-electron chi connectivity index (χ1n) is 7.33. The zero-order valence-corrected chi connectivity index (χ0v) is 13.1. The molecular weight excluding hydrogens is 288 g/mol. The van der Waals surface area contributed by atoms with E-state index in [1.165, 1.54) is 0 Å². The third kappa shape index (κ3) is 3.61. The molecule has 3 aromatic rings. The van der Waals surface area contributed by atoms with Crippen LogP contribution >= 0.6 is 0 Å². The SMILES string of the molecule is COc1ccc(N(C)c2ccc(Oc3ccccn3)cc2)cc1. The smallest absolute Gasteiger partial charge is 0.219 e. The van der Waals surface area contributed by atoms with Crippen LogP contribution in [-0.2, 0) is 0 Å². The standard InChI is InChI=1S/C19H18N2O2/c1-21(15-6-10-17(22-2)11-7-15)16-8-12-18(13-9-16)23-19-5-3-4-14-20-19/h3-14H,1-2H3. The number of nitrogens with zero attached hydrogens (tertiary/aromatic N) is 2. The van der Waals surface area contributed by atoms with E-state index < -0.39 is 0 Å². The lowest BCUT2D eigenvalue weighted by molar-refractivity contribution is 0.415. The van der Waals surface area contributed by atoms with E-state index in [1.54, 1.807) is 13.3 Å². The van der Waals surface area contributed by atoms with Gasteiger partial charge in [0.15, 0.2) is 0 Å². The van der Waals surface area contributed by atoms with Crippen molar-refractivity contribution >= 4 is 11.4 Å². The van der Waals surface area contributed by atoms with Crippen molar-refractivity contribution in [2.45, 2.75) is 0 Å². The number of hydrogen-bond donors (Lipinski definition) is 0. The van der Waals surface area contributed by atoms with Gasteiger partial charge in [0.05, 0.1) is 7.11 Å². The van der Waals surface area contributed by atoms with E-state index >= 15 is 0 Å². The summed E-state index contributed by atoms with van der Waals surface area (Å²) in [4.78, 5) is 6.25. The Bertz CT molecular complexity index is 741. The molecule has 2 aromatic carbocycles. The van der Waals surface area contributed by atoms with E-state index in [2.05, 4.69) is 9.88 Å². The van der Waals surface area contributed by atoms with Gasteiger partial charge in [-0.2, -0.15) is 0 Å². The molecule has 4 nitrogen and oxygen atoms in total. The van der Waals surface area contributed by atoms with Crippen LogP contribution in [0.15, 0.2) is 72.9 Å². The first kappa shape index (κ1) is 14.9. The van der Waals surface area contributed by atoms with Gasteiger partial charge < -0.3 is 14.4 Å². The minimum atomic E-state index is 0.587. The molecule has 116 valence electrons. The first-order valence-corrected chi connectivity index (χ1v) is 7.33. The van der Waals surface area contributed by atoms with Crippen LogP contribution in [0.2, 0.25) is 0 Å².